The molecular weight excluding hydrogens is 316 g/mol. The van der Waals surface area contributed by atoms with Gasteiger partial charge in [-0.15, -0.1) is 0 Å². The molecular formula is C20H28N2OS. The zero-order valence-corrected chi connectivity index (χ0v) is 16.0. The molecule has 130 valence electrons. The van der Waals surface area contributed by atoms with Crippen LogP contribution in [0.3, 0.4) is 0 Å². The maximum Gasteiger partial charge on any atom is 0.0979 e. The van der Waals surface area contributed by atoms with Crippen molar-refractivity contribution in [2.75, 3.05) is 5.73 Å². The lowest BCUT2D eigenvalue weighted by Gasteiger charge is -2.26. The van der Waals surface area contributed by atoms with Crippen molar-refractivity contribution in [1.29, 1.82) is 0 Å². The van der Waals surface area contributed by atoms with Gasteiger partial charge in [0.2, 0.25) is 0 Å². The summed E-state index contributed by atoms with van der Waals surface area (Å²) >= 11 is 0. The van der Waals surface area contributed by atoms with Crippen molar-refractivity contribution in [1.82, 2.24) is 4.72 Å². The van der Waals surface area contributed by atoms with E-state index in [0.717, 1.165) is 11.1 Å². The molecule has 0 aliphatic rings. The Bertz CT molecular complexity index is 702. The van der Waals surface area contributed by atoms with Crippen LogP contribution in [-0.2, 0) is 11.0 Å². The van der Waals surface area contributed by atoms with Gasteiger partial charge in [-0.25, -0.2) is 8.93 Å². The number of nitrogen functional groups attached to an aromatic ring is 1. The van der Waals surface area contributed by atoms with Crippen molar-refractivity contribution in [2.45, 2.75) is 51.3 Å². The van der Waals surface area contributed by atoms with Crippen LogP contribution in [0.25, 0.3) is 0 Å². The summed E-state index contributed by atoms with van der Waals surface area (Å²) in [5, 5.41) is 0. The molecule has 0 saturated carbocycles. The smallest absolute Gasteiger partial charge is 0.0979 e. The molecule has 0 unspecified atom stereocenters. The van der Waals surface area contributed by atoms with Crippen LogP contribution in [0.2, 0.25) is 0 Å². The van der Waals surface area contributed by atoms with Gasteiger partial charge in [-0.2, -0.15) is 0 Å². The summed E-state index contributed by atoms with van der Waals surface area (Å²) in [6, 6.07) is 16.0. The van der Waals surface area contributed by atoms with Crippen LogP contribution in [0.15, 0.2) is 48.5 Å². The normalized spacial score (nSPS) is 14.6. The molecule has 24 heavy (non-hydrogen) atoms. The minimum absolute atomic E-state index is 0.201. The third kappa shape index (κ3) is 4.46. The van der Waals surface area contributed by atoms with E-state index in [2.05, 4.69) is 42.8 Å². The fraction of sp³-hybridized carbons (Fsp3) is 0.400. The van der Waals surface area contributed by atoms with Gasteiger partial charge in [-0.05, 0) is 49.4 Å². The average Bonchev–Trinajstić information content (AvgIpc) is 2.52. The van der Waals surface area contributed by atoms with E-state index in [0.29, 0.717) is 11.6 Å². The number of anilines is 1. The summed E-state index contributed by atoms with van der Waals surface area (Å²) in [5.41, 5.74) is 10.2. The van der Waals surface area contributed by atoms with Crippen LogP contribution in [0.4, 0.5) is 5.69 Å². The molecule has 0 amide bonds. The second-order valence-corrected chi connectivity index (χ2v) is 9.38. The molecule has 0 aliphatic carbocycles. The number of hydrogen-bond donors (Lipinski definition) is 2. The van der Waals surface area contributed by atoms with Gasteiger partial charge in [0, 0.05) is 5.69 Å². The fourth-order valence-electron chi connectivity index (χ4n) is 2.44. The number of nitrogens with one attached hydrogen (secondary N) is 1. The SMILES string of the molecule is CC(C)c1ccc([C@@H](N[S@](=O)C(C)(C)C)c2ccccc2N)cc1. The third-order valence-electron chi connectivity index (χ3n) is 4.02. The number of nitrogens with two attached hydrogens (primary N) is 1. The van der Waals surface area contributed by atoms with Gasteiger partial charge in [0.05, 0.1) is 21.8 Å². The lowest BCUT2D eigenvalue weighted by atomic mass is 9.95. The first-order chi connectivity index (χ1) is 11.2. The van der Waals surface area contributed by atoms with Crippen LogP contribution in [0, 0.1) is 0 Å². The quantitative estimate of drug-likeness (QED) is 0.783. The fourth-order valence-corrected chi connectivity index (χ4v) is 3.27. The largest absolute Gasteiger partial charge is 0.398 e. The predicted octanol–water partition coefficient (Wildman–Crippen LogP) is 4.53. The van der Waals surface area contributed by atoms with E-state index in [9.17, 15) is 4.21 Å². The first kappa shape index (κ1) is 18.7. The van der Waals surface area contributed by atoms with Crippen molar-refractivity contribution in [3.05, 3.63) is 65.2 Å². The van der Waals surface area contributed by atoms with E-state index < -0.39 is 11.0 Å². The Morgan fingerprint density at radius 2 is 1.50 bits per heavy atom. The highest BCUT2D eigenvalue weighted by molar-refractivity contribution is 7.84. The number of rotatable bonds is 5. The summed E-state index contributed by atoms with van der Waals surface area (Å²) in [5.74, 6) is 0.482. The second kappa shape index (κ2) is 7.49. The summed E-state index contributed by atoms with van der Waals surface area (Å²) in [6.07, 6.45) is 0. The molecule has 0 aliphatic heterocycles. The molecule has 0 heterocycles. The minimum Gasteiger partial charge on any atom is -0.398 e. The molecule has 0 spiro atoms. The van der Waals surface area contributed by atoms with Gasteiger partial charge in [0.15, 0.2) is 0 Å². The van der Waals surface area contributed by atoms with Gasteiger partial charge in [0.25, 0.3) is 0 Å². The van der Waals surface area contributed by atoms with Gasteiger partial charge < -0.3 is 5.73 Å². The molecule has 0 fully saturated rings. The minimum atomic E-state index is -1.20. The van der Waals surface area contributed by atoms with E-state index in [1.165, 1.54) is 5.56 Å². The number of benzene rings is 2. The second-order valence-electron chi connectivity index (χ2n) is 7.38. The molecule has 0 aromatic heterocycles. The van der Waals surface area contributed by atoms with E-state index in [-0.39, 0.29) is 10.8 Å². The Balaban J connectivity index is 2.43. The van der Waals surface area contributed by atoms with Gasteiger partial charge in [-0.3, -0.25) is 0 Å². The molecule has 2 atom stereocenters. The van der Waals surface area contributed by atoms with Gasteiger partial charge >= 0.3 is 0 Å². The van der Waals surface area contributed by atoms with Crippen molar-refractivity contribution in [3.8, 4) is 0 Å². The lowest BCUT2D eigenvalue weighted by Crippen LogP contribution is -2.36. The molecule has 3 nitrogen and oxygen atoms in total. The van der Waals surface area contributed by atoms with Crippen LogP contribution in [0.1, 0.15) is 63.3 Å². The predicted molar refractivity (Wildman–Crippen MR) is 104 cm³/mol. The van der Waals surface area contributed by atoms with Crippen molar-refractivity contribution in [3.63, 3.8) is 0 Å². The van der Waals surface area contributed by atoms with Crippen LogP contribution < -0.4 is 10.5 Å². The number of hydrogen-bond acceptors (Lipinski definition) is 2. The van der Waals surface area contributed by atoms with Crippen molar-refractivity contribution in [2.24, 2.45) is 0 Å². The van der Waals surface area contributed by atoms with Crippen molar-refractivity contribution < 1.29 is 4.21 Å². The molecule has 0 bridgehead atoms. The Morgan fingerprint density at radius 3 is 2.00 bits per heavy atom. The molecule has 0 saturated heterocycles. The topological polar surface area (TPSA) is 55.1 Å². The summed E-state index contributed by atoms with van der Waals surface area (Å²) < 4.78 is 15.6. The highest BCUT2D eigenvalue weighted by Gasteiger charge is 2.25. The van der Waals surface area contributed by atoms with E-state index in [1.807, 2.05) is 45.0 Å². The van der Waals surface area contributed by atoms with E-state index in [4.69, 9.17) is 5.73 Å². The van der Waals surface area contributed by atoms with Crippen LogP contribution >= 0.6 is 0 Å². The van der Waals surface area contributed by atoms with Gasteiger partial charge in [0.1, 0.15) is 0 Å². The van der Waals surface area contributed by atoms with E-state index in [1.54, 1.807) is 0 Å². The molecule has 2 aromatic rings. The van der Waals surface area contributed by atoms with Gasteiger partial charge in [-0.1, -0.05) is 56.3 Å². The highest BCUT2D eigenvalue weighted by Crippen LogP contribution is 2.29. The average molecular weight is 345 g/mol. The molecule has 3 N–H and O–H groups in total. The first-order valence-electron chi connectivity index (χ1n) is 8.32. The molecule has 2 rings (SSSR count). The zero-order valence-electron chi connectivity index (χ0n) is 15.2. The third-order valence-corrected chi connectivity index (χ3v) is 5.59. The Labute approximate surface area is 148 Å². The van der Waals surface area contributed by atoms with E-state index >= 15 is 0 Å². The van der Waals surface area contributed by atoms with Crippen molar-refractivity contribution >= 4 is 16.7 Å². The highest BCUT2D eigenvalue weighted by atomic mass is 32.2. The molecule has 4 heteroatoms. The molecule has 2 aromatic carbocycles. The first-order valence-corrected chi connectivity index (χ1v) is 9.47. The van der Waals surface area contributed by atoms with Crippen LogP contribution in [-0.4, -0.2) is 8.96 Å². The lowest BCUT2D eigenvalue weighted by molar-refractivity contribution is 0.623. The standard InChI is InChI=1S/C20H28N2OS/c1-14(2)15-10-12-16(13-11-15)19(22-24(23)20(3,4)5)17-8-6-7-9-18(17)21/h6-14,19,22H,21H2,1-5H3/t19-,24-/m1/s1. The maximum absolute atomic E-state index is 12.7. The summed E-state index contributed by atoms with van der Waals surface area (Å²) in [7, 11) is -1.20. The maximum atomic E-state index is 12.7. The zero-order chi connectivity index (χ0) is 17.9. The Kier molecular flexibility index (Phi) is 5.83. The summed E-state index contributed by atoms with van der Waals surface area (Å²) in [6.45, 7) is 10.2. The number of para-hydroxylation sites is 1. The van der Waals surface area contributed by atoms with Crippen LogP contribution in [0.5, 0.6) is 0 Å². The Hall–Kier alpha value is -1.65. The Morgan fingerprint density at radius 1 is 0.958 bits per heavy atom. The summed E-state index contributed by atoms with van der Waals surface area (Å²) in [4.78, 5) is 0. The monoisotopic (exact) mass is 344 g/mol. The molecule has 0 radical (unpaired) electrons.